The van der Waals surface area contributed by atoms with E-state index in [1.807, 2.05) is 30.5 Å². The van der Waals surface area contributed by atoms with Crippen molar-refractivity contribution in [1.29, 1.82) is 0 Å². The number of amides is 2. The highest BCUT2D eigenvalue weighted by molar-refractivity contribution is 7.13. The summed E-state index contributed by atoms with van der Waals surface area (Å²) in [6.45, 7) is 2.36. The molecule has 0 spiro atoms. The third-order valence-corrected chi connectivity index (χ3v) is 3.18. The molecule has 0 unspecified atom stereocenters. The van der Waals surface area contributed by atoms with E-state index in [1.54, 1.807) is 18.1 Å². The van der Waals surface area contributed by atoms with Crippen molar-refractivity contribution in [1.82, 2.24) is 14.9 Å². The van der Waals surface area contributed by atoms with E-state index in [9.17, 15) is 4.79 Å². The number of rotatable bonds is 3. The molecule has 1 N–H and O–H groups in total. The van der Waals surface area contributed by atoms with Crippen molar-refractivity contribution in [3.63, 3.8) is 0 Å². The van der Waals surface area contributed by atoms with E-state index in [-0.39, 0.29) is 6.03 Å². The fourth-order valence-electron chi connectivity index (χ4n) is 1.40. The highest BCUT2D eigenvalue weighted by Crippen LogP contribution is 2.15. The minimum atomic E-state index is -0.185. The number of urea groups is 1. The van der Waals surface area contributed by atoms with Crippen molar-refractivity contribution in [2.75, 3.05) is 12.4 Å². The Kier molecular flexibility index (Phi) is 3.88. The van der Waals surface area contributed by atoms with Crippen molar-refractivity contribution in [3.05, 3.63) is 41.2 Å². The summed E-state index contributed by atoms with van der Waals surface area (Å²) in [6.07, 6.45) is 1.71. The number of anilines is 1. The largest absolute Gasteiger partial charge is 0.323 e. The van der Waals surface area contributed by atoms with E-state index < -0.39 is 0 Å². The molecule has 0 aliphatic rings. The summed E-state index contributed by atoms with van der Waals surface area (Å²) in [5.74, 6) is 0. The van der Waals surface area contributed by atoms with E-state index in [1.165, 1.54) is 11.3 Å². The van der Waals surface area contributed by atoms with Crippen molar-refractivity contribution < 1.29 is 4.79 Å². The number of hydrogen-bond acceptors (Lipinski definition) is 4. The molecular formula is C12H14N4OS. The Balaban J connectivity index is 1.93. The van der Waals surface area contributed by atoms with Crippen LogP contribution in [0.4, 0.5) is 9.93 Å². The van der Waals surface area contributed by atoms with Gasteiger partial charge in [-0.15, -0.1) is 11.3 Å². The van der Waals surface area contributed by atoms with Crippen LogP contribution >= 0.6 is 11.3 Å². The molecule has 2 aromatic rings. The average Bonchev–Trinajstić information content (AvgIpc) is 2.76. The zero-order valence-corrected chi connectivity index (χ0v) is 11.1. The second kappa shape index (κ2) is 5.59. The Morgan fingerprint density at radius 2 is 2.33 bits per heavy atom. The van der Waals surface area contributed by atoms with Gasteiger partial charge in [0.2, 0.25) is 0 Å². The highest BCUT2D eigenvalue weighted by Gasteiger charge is 2.11. The first-order valence-corrected chi connectivity index (χ1v) is 6.37. The second-order valence-electron chi connectivity index (χ2n) is 3.90. The van der Waals surface area contributed by atoms with E-state index >= 15 is 0 Å². The second-order valence-corrected chi connectivity index (χ2v) is 4.76. The summed E-state index contributed by atoms with van der Waals surface area (Å²) in [5, 5.41) is 5.26. The molecule has 94 valence electrons. The quantitative estimate of drug-likeness (QED) is 0.924. The molecule has 0 atom stereocenters. The molecule has 5 nitrogen and oxygen atoms in total. The number of nitrogens with one attached hydrogen (secondary N) is 1. The summed E-state index contributed by atoms with van der Waals surface area (Å²) >= 11 is 1.42. The highest BCUT2D eigenvalue weighted by atomic mass is 32.1. The lowest BCUT2D eigenvalue weighted by atomic mass is 10.3. The molecule has 2 aromatic heterocycles. The Hall–Kier alpha value is -1.95. The maximum atomic E-state index is 11.9. The maximum absolute atomic E-state index is 11.9. The minimum absolute atomic E-state index is 0.185. The number of aromatic nitrogens is 2. The minimum Gasteiger partial charge on any atom is -0.322 e. The number of pyridine rings is 1. The zero-order chi connectivity index (χ0) is 13.0. The van der Waals surface area contributed by atoms with E-state index in [0.717, 1.165) is 11.4 Å². The van der Waals surface area contributed by atoms with Gasteiger partial charge in [0.15, 0.2) is 5.13 Å². The lowest BCUT2D eigenvalue weighted by Crippen LogP contribution is -2.31. The molecule has 2 heterocycles. The molecule has 0 bridgehead atoms. The van der Waals surface area contributed by atoms with E-state index in [2.05, 4.69) is 15.3 Å². The molecule has 2 rings (SSSR count). The van der Waals surface area contributed by atoms with Gasteiger partial charge in [0.05, 0.1) is 17.9 Å². The topological polar surface area (TPSA) is 58.1 Å². The predicted octanol–water partition coefficient (Wildman–Crippen LogP) is 2.51. The Morgan fingerprint density at radius 3 is 2.94 bits per heavy atom. The van der Waals surface area contributed by atoms with Crippen molar-refractivity contribution >= 4 is 22.5 Å². The van der Waals surface area contributed by atoms with Gasteiger partial charge in [-0.1, -0.05) is 6.07 Å². The Bertz CT molecular complexity index is 526. The van der Waals surface area contributed by atoms with Crippen molar-refractivity contribution in [2.45, 2.75) is 13.5 Å². The van der Waals surface area contributed by atoms with Crippen molar-refractivity contribution in [3.8, 4) is 0 Å². The van der Waals surface area contributed by atoms with Gasteiger partial charge in [0, 0.05) is 18.6 Å². The number of hydrogen-bond donors (Lipinski definition) is 1. The number of nitrogens with zero attached hydrogens (tertiary/aromatic N) is 3. The Labute approximate surface area is 109 Å². The monoisotopic (exact) mass is 262 g/mol. The van der Waals surface area contributed by atoms with E-state index in [4.69, 9.17) is 0 Å². The normalized spacial score (nSPS) is 10.1. The van der Waals surface area contributed by atoms with Crippen LogP contribution in [0.25, 0.3) is 0 Å². The lowest BCUT2D eigenvalue weighted by molar-refractivity contribution is 0.220. The molecule has 18 heavy (non-hydrogen) atoms. The SMILES string of the molecule is Cc1csc(NC(=O)N(C)Cc2ccccn2)n1. The standard InChI is InChI=1S/C12H14N4OS/c1-9-8-18-11(14-9)15-12(17)16(2)7-10-5-3-4-6-13-10/h3-6,8H,7H2,1-2H3,(H,14,15,17). The van der Waals surface area contributed by atoms with Crippen LogP contribution < -0.4 is 5.32 Å². The molecule has 0 saturated carbocycles. The summed E-state index contributed by atoms with van der Waals surface area (Å²) in [7, 11) is 1.73. The summed E-state index contributed by atoms with van der Waals surface area (Å²) < 4.78 is 0. The van der Waals surface area contributed by atoms with Crippen LogP contribution in [0.1, 0.15) is 11.4 Å². The third kappa shape index (κ3) is 3.27. The molecule has 0 aliphatic heterocycles. The fourth-order valence-corrected chi connectivity index (χ4v) is 2.08. The number of carbonyl (C=O) groups excluding carboxylic acids is 1. The van der Waals surface area contributed by atoms with Gasteiger partial charge in [-0.3, -0.25) is 10.3 Å². The lowest BCUT2D eigenvalue weighted by Gasteiger charge is -2.16. The number of aryl methyl sites for hydroxylation is 1. The van der Waals surface area contributed by atoms with Crippen LogP contribution in [0, 0.1) is 6.92 Å². The molecule has 0 fully saturated rings. The summed E-state index contributed by atoms with van der Waals surface area (Å²) in [6, 6.07) is 5.45. The smallest absolute Gasteiger partial charge is 0.322 e. The first-order chi connectivity index (χ1) is 8.65. The van der Waals surface area contributed by atoms with Gasteiger partial charge >= 0.3 is 6.03 Å². The molecule has 2 amide bonds. The van der Waals surface area contributed by atoms with Crippen LogP contribution in [-0.4, -0.2) is 27.9 Å². The summed E-state index contributed by atoms with van der Waals surface area (Å²) in [5.41, 5.74) is 1.76. The van der Waals surface area contributed by atoms with Crippen LogP contribution in [0.3, 0.4) is 0 Å². The first-order valence-electron chi connectivity index (χ1n) is 5.49. The van der Waals surface area contributed by atoms with E-state index in [0.29, 0.717) is 11.7 Å². The van der Waals surface area contributed by atoms with Crippen LogP contribution in [-0.2, 0) is 6.54 Å². The van der Waals surface area contributed by atoms with Crippen LogP contribution in [0.5, 0.6) is 0 Å². The van der Waals surface area contributed by atoms with Gasteiger partial charge in [-0.2, -0.15) is 0 Å². The molecule has 0 saturated heterocycles. The zero-order valence-electron chi connectivity index (χ0n) is 10.3. The molecular weight excluding hydrogens is 248 g/mol. The Morgan fingerprint density at radius 1 is 1.50 bits per heavy atom. The first kappa shape index (κ1) is 12.5. The van der Waals surface area contributed by atoms with Gasteiger partial charge < -0.3 is 4.90 Å². The van der Waals surface area contributed by atoms with Gasteiger partial charge in [0.1, 0.15) is 0 Å². The van der Waals surface area contributed by atoms with Gasteiger partial charge in [-0.25, -0.2) is 9.78 Å². The molecule has 0 aromatic carbocycles. The number of carbonyl (C=O) groups is 1. The van der Waals surface area contributed by atoms with Crippen molar-refractivity contribution in [2.24, 2.45) is 0 Å². The van der Waals surface area contributed by atoms with Crippen LogP contribution in [0.15, 0.2) is 29.8 Å². The average molecular weight is 262 g/mol. The number of thiazole rings is 1. The summed E-state index contributed by atoms with van der Waals surface area (Å²) in [4.78, 5) is 21.8. The predicted molar refractivity (Wildman–Crippen MR) is 71.6 cm³/mol. The van der Waals surface area contributed by atoms with Gasteiger partial charge in [-0.05, 0) is 19.1 Å². The fraction of sp³-hybridized carbons (Fsp3) is 0.250. The molecule has 0 aliphatic carbocycles. The molecule has 6 heteroatoms. The van der Waals surface area contributed by atoms with Gasteiger partial charge in [0.25, 0.3) is 0 Å². The molecule has 0 radical (unpaired) electrons. The van der Waals surface area contributed by atoms with Crippen LogP contribution in [0.2, 0.25) is 0 Å². The maximum Gasteiger partial charge on any atom is 0.323 e. The third-order valence-electron chi connectivity index (χ3n) is 2.30.